The molecule has 16 heavy (non-hydrogen) atoms. The third kappa shape index (κ3) is 2.83. The van der Waals surface area contributed by atoms with Crippen LogP contribution in [0.4, 0.5) is 0 Å². The Hall–Kier alpha value is -0.870. The summed E-state index contributed by atoms with van der Waals surface area (Å²) in [6, 6.07) is 8.66. The van der Waals surface area contributed by atoms with Gasteiger partial charge in [0.2, 0.25) is 0 Å². The smallest absolute Gasteiger partial charge is 0.147 e. The van der Waals surface area contributed by atoms with E-state index in [2.05, 4.69) is 17.4 Å². The zero-order valence-electron chi connectivity index (χ0n) is 9.44. The van der Waals surface area contributed by atoms with E-state index < -0.39 is 9.84 Å². The number of rotatable bonds is 4. The monoisotopic (exact) mass is 239 g/mol. The van der Waals surface area contributed by atoms with Crippen LogP contribution in [0.3, 0.4) is 0 Å². The van der Waals surface area contributed by atoms with Crippen molar-refractivity contribution in [3.8, 4) is 0 Å². The minimum absolute atomic E-state index is 0.285. The van der Waals surface area contributed by atoms with Crippen LogP contribution in [0.2, 0.25) is 0 Å². The summed E-state index contributed by atoms with van der Waals surface area (Å²) < 4.78 is 22.1. The summed E-state index contributed by atoms with van der Waals surface area (Å²) in [5.74, 6) is 0.285. The third-order valence-corrected chi connectivity index (χ3v) is 4.01. The SMILES string of the molecule is CS(=O)(=O)CCCC1NCc2ccccc21. The van der Waals surface area contributed by atoms with Crippen LogP contribution in [0.15, 0.2) is 24.3 Å². The highest BCUT2D eigenvalue weighted by Crippen LogP contribution is 2.28. The van der Waals surface area contributed by atoms with Gasteiger partial charge in [0.1, 0.15) is 9.84 Å². The van der Waals surface area contributed by atoms with E-state index in [0.29, 0.717) is 6.04 Å². The van der Waals surface area contributed by atoms with Crippen LogP contribution in [0, 0.1) is 0 Å². The molecule has 0 fully saturated rings. The van der Waals surface area contributed by atoms with Gasteiger partial charge in [0.25, 0.3) is 0 Å². The first-order chi connectivity index (χ1) is 7.56. The summed E-state index contributed by atoms with van der Waals surface area (Å²) in [4.78, 5) is 0. The Morgan fingerprint density at radius 3 is 2.88 bits per heavy atom. The number of nitrogens with one attached hydrogen (secondary N) is 1. The van der Waals surface area contributed by atoms with Crippen LogP contribution in [0.1, 0.15) is 30.0 Å². The highest BCUT2D eigenvalue weighted by atomic mass is 32.2. The van der Waals surface area contributed by atoms with E-state index in [-0.39, 0.29) is 5.75 Å². The van der Waals surface area contributed by atoms with E-state index in [1.807, 2.05) is 12.1 Å². The van der Waals surface area contributed by atoms with Crippen molar-refractivity contribution >= 4 is 9.84 Å². The van der Waals surface area contributed by atoms with Crippen LogP contribution < -0.4 is 5.32 Å². The van der Waals surface area contributed by atoms with Crippen LogP contribution in [0.25, 0.3) is 0 Å². The van der Waals surface area contributed by atoms with Crippen molar-refractivity contribution in [2.24, 2.45) is 0 Å². The summed E-state index contributed by atoms with van der Waals surface area (Å²) in [6.45, 7) is 0.902. The number of fused-ring (bicyclic) bond motifs is 1. The Kier molecular flexibility index (Phi) is 3.30. The lowest BCUT2D eigenvalue weighted by Gasteiger charge is -2.11. The Bertz CT molecular complexity index is 468. The van der Waals surface area contributed by atoms with Crippen LogP contribution in [0.5, 0.6) is 0 Å². The highest BCUT2D eigenvalue weighted by molar-refractivity contribution is 7.90. The lowest BCUT2D eigenvalue weighted by molar-refractivity contribution is 0.531. The molecule has 0 aromatic heterocycles. The largest absolute Gasteiger partial charge is 0.306 e. The Labute approximate surface area is 96.8 Å². The second-order valence-electron chi connectivity index (χ2n) is 4.40. The predicted molar refractivity (Wildman–Crippen MR) is 65.0 cm³/mol. The van der Waals surface area contributed by atoms with Crippen molar-refractivity contribution < 1.29 is 8.42 Å². The van der Waals surface area contributed by atoms with E-state index in [1.165, 1.54) is 17.4 Å². The van der Waals surface area contributed by atoms with Crippen molar-refractivity contribution in [1.29, 1.82) is 0 Å². The van der Waals surface area contributed by atoms with Gasteiger partial charge in [-0.3, -0.25) is 0 Å². The van der Waals surface area contributed by atoms with Crippen molar-refractivity contribution in [3.63, 3.8) is 0 Å². The molecule has 1 atom stereocenters. The molecule has 1 aromatic carbocycles. The first kappa shape index (κ1) is 11.6. The molecule has 0 spiro atoms. The third-order valence-electron chi connectivity index (χ3n) is 2.98. The fourth-order valence-corrected chi connectivity index (χ4v) is 2.88. The van der Waals surface area contributed by atoms with Crippen LogP contribution in [-0.4, -0.2) is 20.4 Å². The molecule has 0 saturated heterocycles. The molecule has 3 nitrogen and oxygen atoms in total. The molecule has 0 saturated carbocycles. The predicted octanol–water partition coefficient (Wildman–Crippen LogP) is 1.66. The Balaban J connectivity index is 1.94. The lowest BCUT2D eigenvalue weighted by atomic mass is 10.0. The first-order valence-electron chi connectivity index (χ1n) is 5.55. The summed E-state index contributed by atoms with van der Waals surface area (Å²) >= 11 is 0. The maximum atomic E-state index is 11.0. The average Bonchev–Trinajstić information content (AvgIpc) is 2.60. The normalized spacial score (nSPS) is 19.7. The molecule has 1 aliphatic rings. The summed E-state index contributed by atoms with van der Waals surface area (Å²) in [5.41, 5.74) is 2.67. The van der Waals surface area contributed by atoms with Gasteiger partial charge in [-0.15, -0.1) is 0 Å². The van der Waals surface area contributed by atoms with Crippen molar-refractivity contribution in [2.45, 2.75) is 25.4 Å². The van der Waals surface area contributed by atoms with Crippen LogP contribution >= 0.6 is 0 Å². The van der Waals surface area contributed by atoms with Gasteiger partial charge in [-0.2, -0.15) is 0 Å². The molecule has 1 N–H and O–H groups in total. The van der Waals surface area contributed by atoms with Gasteiger partial charge >= 0.3 is 0 Å². The van der Waals surface area contributed by atoms with Gasteiger partial charge < -0.3 is 5.32 Å². The molecule has 88 valence electrons. The van der Waals surface area contributed by atoms with E-state index >= 15 is 0 Å². The minimum Gasteiger partial charge on any atom is -0.306 e. The van der Waals surface area contributed by atoms with E-state index in [0.717, 1.165) is 19.4 Å². The number of hydrogen-bond acceptors (Lipinski definition) is 3. The van der Waals surface area contributed by atoms with Gasteiger partial charge in [0.05, 0.1) is 0 Å². The Morgan fingerprint density at radius 2 is 2.12 bits per heavy atom. The quantitative estimate of drug-likeness (QED) is 0.869. The topological polar surface area (TPSA) is 46.2 Å². The standard InChI is InChI=1S/C12H17NO2S/c1-16(14,15)8-4-7-12-11-6-3-2-5-10(11)9-13-12/h2-3,5-6,12-13H,4,7-9H2,1H3. The van der Waals surface area contributed by atoms with Crippen molar-refractivity contribution in [2.75, 3.05) is 12.0 Å². The van der Waals surface area contributed by atoms with E-state index in [1.54, 1.807) is 0 Å². The molecule has 1 aliphatic heterocycles. The number of sulfone groups is 1. The zero-order chi connectivity index (χ0) is 11.6. The van der Waals surface area contributed by atoms with E-state index in [9.17, 15) is 8.42 Å². The van der Waals surface area contributed by atoms with Gasteiger partial charge in [-0.1, -0.05) is 24.3 Å². The molecule has 1 unspecified atom stereocenters. The van der Waals surface area contributed by atoms with Gasteiger partial charge in [-0.25, -0.2) is 8.42 Å². The van der Waals surface area contributed by atoms with Crippen LogP contribution in [-0.2, 0) is 16.4 Å². The zero-order valence-corrected chi connectivity index (χ0v) is 10.3. The fraction of sp³-hybridized carbons (Fsp3) is 0.500. The highest BCUT2D eigenvalue weighted by Gasteiger charge is 2.20. The minimum atomic E-state index is -2.82. The molecule has 1 heterocycles. The maximum absolute atomic E-state index is 11.0. The summed E-state index contributed by atoms with van der Waals surface area (Å²) in [7, 11) is -2.82. The average molecular weight is 239 g/mol. The molecular weight excluding hydrogens is 222 g/mol. The molecule has 0 radical (unpaired) electrons. The van der Waals surface area contributed by atoms with Gasteiger partial charge in [0.15, 0.2) is 0 Å². The molecule has 2 rings (SSSR count). The second kappa shape index (κ2) is 4.55. The van der Waals surface area contributed by atoms with Crippen molar-refractivity contribution in [1.82, 2.24) is 5.32 Å². The molecule has 1 aromatic rings. The van der Waals surface area contributed by atoms with Crippen molar-refractivity contribution in [3.05, 3.63) is 35.4 Å². The molecule has 4 heteroatoms. The maximum Gasteiger partial charge on any atom is 0.147 e. The second-order valence-corrected chi connectivity index (χ2v) is 6.66. The Morgan fingerprint density at radius 1 is 1.38 bits per heavy atom. The van der Waals surface area contributed by atoms with Gasteiger partial charge in [0, 0.05) is 24.6 Å². The number of benzene rings is 1. The summed E-state index contributed by atoms with van der Waals surface area (Å²) in [6.07, 6.45) is 2.91. The van der Waals surface area contributed by atoms with E-state index in [4.69, 9.17) is 0 Å². The molecule has 0 aliphatic carbocycles. The molecule has 0 amide bonds. The lowest BCUT2D eigenvalue weighted by Crippen LogP contribution is -2.13. The number of hydrogen-bond donors (Lipinski definition) is 1. The molecule has 0 bridgehead atoms. The fourth-order valence-electron chi connectivity index (χ4n) is 2.19. The molecular formula is C12H17NO2S. The first-order valence-corrected chi connectivity index (χ1v) is 7.61. The summed E-state index contributed by atoms with van der Waals surface area (Å²) in [5, 5.41) is 3.41. The van der Waals surface area contributed by atoms with Gasteiger partial charge in [-0.05, 0) is 24.0 Å².